The maximum atomic E-state index is 5.31. The Balaban J connectivity index is 0.976. The van der Waals surface area contributed by atoms with Gasteiger partial charge in [-0.25, -0.2) is 15.0 Å². The van der Waals surface area contributed by atoms with Gasteiger partial charge in [0.2, 0.25) is 0 Å². The van der Waals surface area contributed by atoms with Crippen molar-refractivity contribution in [3.05, 3.63) is 271 Å². The lowest BCUT2D eigenvalue weighted by Gasteiger charge is -2.33. The highest BCUT2D eigenvalue weighted by molar-refractivity contribution is 6.20. The van der Waals surface area contributed by atoms with Crippen LogP contribution in [-0.4, -0.2) is 15.0 Å². The summed E-state index contributed by atoms with van der Waals surface area (Å²) in [6.07, 6.45) is 0. The van der Waals surface area contributed by atoms with Crippen LogP contribution in [0.3, 0.4) is 0 Å². The Labute approximate surface area is 389 Å². The highest BCUT2D eigenvalue weighted by Crippen LogP contribution is 2.56. The average molecular weight is 852 g/mol. The fourth-order valence-electron chi connectivity index (χ4n) is 10.7. The summed E-state index contributed by atoms with van der Waals surface area (Å²) in [5.41, 5.74) is 14.3. The fourth-order valence-corrected chi connectivity index (χ4v) is 10.7. The van der Waals surface area contributed by atoms with Crippen molar-refractivity contribution in [2.75, 3.05) is 0 Å². The molecule has 0 saturated carbocycles. The first-order chi connectivity index (χ1) is 33.2. The van der Waals surface area contributed by atoms with E-state index in [-0.39, 0.29) is 0 Å². The van der Waals surface area contributed by atoms with E-state index >= 15 is 0 Å². The lowest BCUT2D eigenvalue weighted by molar-refractivity contribution is 0.768. The van der Waals surface area contributed by atoms with Crippen LogP contribution in [-0.2, 0) is 5.41 Å². The van der Waals surface area contributed by atoms with Crippen molar-refractivity contribution in [1.29, 1.82) is 0 Å². The number of nitrogens with zero attached hydrogens (tertiary/aromatic N) is 3. The number of benzene rings is 11. The molecule has 0 fully saturated rings. The van der Waals surface area contributed by atoms with E-state index in [0.717, 1.165) is 27.8 Å². The summed E-state index contributed by atoms with van der Waals surface area (Å²) in [6.45, 7) is 0. The molecule has 3 nitrogen and oxygen atoms in total. The van der Waals surface area contributed by atoms with Crippen LogP contribution in [0.4, 0.5) is 0 Å². The molecular formula is C64H41N3. The average Bonchev–Trinajstić information content (AvgIpc) is 3.71. The van der Waals surface area contributed by atoms with Gasteiger partial charge in [-0.05, 0) is 100 Å². The molecule has 13 rings (SSSR count). The Morgan fingerprint density at radius 2 is 0.731 bits per heavy atom. The van der Waals surface area contributed by atoms with Gasteiger partial charge in [-0.15, -0.1) is 0 Å². The smallest absolute Gasteiger partial charge is 0.164 e. The van der Waals surface area contributed by atoms with Gasteiger partial charge in [0.1, 0.15) is 0 Å². The summed E-state index contributed by atoms with van der Waals surface area (Å²) in [7, 11) is 0. The largest absolute Gasteiger partial charge is 0.208 e. The van der Waals surface area contributed by atoms with Crippen LogP contribution in [0.5, 0.6) is 0 Å². The first-order valence-corrected chi connectivity index (χ1v) is 22.9. The van der Waals surface area contributed by atoms with Crippen molar-refractivity contribution in [1.82, 2.24) is 15.0 Å². The first kappa shape index (κ1) is 38.6. The van der Waals surface area contributed by atoms with Gasteiger partial charge in [-0.1, -0.05) is 237 Å². The number of fused-ring (bicyclic) bond motifs is 7. The Kier molecular flexibility index (Phi) is 9.07. The molecule has 1 aromatic heterocycles. The van der Waals surface area contributed by atoms with E-state index in [1.54, 1.807) is 0 Å². The Hall–Kier alpha value is -8.79. The molecule has 11 aromatic carbocycles. The summed E-state index contributed by atoms with van der Waals surface area (Å²) in [5.74, 6) is 1.87. The second kappa shape index (κ2) is 15.7. The third-order valence-electron chi connectivity index (χ3n) is 13.8. The van der Waals surface area contributed by atoms with E-state index in [4.69, 9.17) is 15.0 Å². The van der Waals surface area contributed by atoms with Gasteiger partial charge in [0.15, 0.2) is 17.5 Å². The quantitative estimate of drug-likeness (QED) is 0.118. The van der Waals surface area contributed by atoms with Crippen molar-refractivity contribution < 1.29 is 0 Å². The van der Waals surface area contributed by atoms with Crippen molar-refractivity contribution in [2.24, 2.45) is 0 Å². The molecule has 67 heavy (non-hydrogen) atoms. The Bertz CT molecular complexity index is 3790. The maximum Gasteiger partial charge on any atom is 0.164 e. The monoisotopic (exact) mass is 851 g/mol. The molecular weight excluding hydrogens is 811 g/mol. The van der Waals surface area contributed by atoms with Gasteiger partial charge < -0.3 is 0 Å². The molecule has 3 heteroatoms. The van der Waals surface area contributed by atoms with Crippen LogP contribution in [0.15, 0.2) is 249 Å². The lowest BCUT2D eigenvalue weighted by Crippen LogP contribution is -2.28. The van der Waals surface area contributed by atoms with Gasteiger partial charge in [-0.2, -0.15) is 0 Å². The van der Waals surface area contributed by atoms with Gasteiger partial charge >= 0.3 is 0 Å². The van der Waals surface area contributed by atoms with Crippen LogP contribution in [0.2, 0.25) is 0 Å². The second-order valence-electron chi connectivity index (χ2n) is 17.5. The van der Waals surface area contributed by atoms with E-state index in [0.29, 0.717) is 17.5 Å². The normalized spacial score (nSPS) is 12.6. The summed E-state index contributed by atoms with van der Waals surface area (Å²) in [6, 6.07) is 89.5. The van der Waals surface area contributed by atoms with Crippen LogP contribution in [0.25, 0.3) is 99.9 Å². The predicted octanol–water partition coefficient (Wildman–Crippen LogP) is 16.0. The zero-order valence-corrected chi connectivity index (χ0v) is 36.5. The predicted molar refractivity (Wildman–Crippen MR) is 277 cm³/mol. The van der Waals surface area contributed by atoms with E-state index in [1.165, 1.54) is 76.8 Å². The maximum absolute atomic E-state index is 5.31. The van der Waals surface area contributed by atoms with Crippen molar-refractivity contribution in [3.8, 4) is 67.5 Å². The number of hydrogen-bond donors (Lipinski definition) is 0. The zero-order chi connectivity index (χ0) is 44.3. The molecule has 12 aromatic rings. The molecule has 312 valence electrons. The van der Waals surface area contributed by atoms with Crippen LogP contribution >= 0.6 is 0 Å². The molecule has 1 heterocycles. The summed E-state index contributed by atoms with van der Waals surface area (Å²) < 4.78 is 0. The van der Waals surface area contributed by atoms with E-state index in [9.17, 15) is 0 Å². The number of aromatic nitrogens is 3. The molecule has 0 amide bonds. The van der Waals surface area contributed by atoms with Crippen LogP contribution in [0, 0.1) is 0 Å². The Morgan fingerprint density at radius 3 is 1.40 bits per heavy atom. The third-order valence-corrected chi connectivity index (χ3v) is 13.8. The van der Waals surface area contributed by atoms with Gasteiger partial charge in [-0.3, -0.25) is 0 Å². The van der Waals surface area contributed by atoms with Gasteiger partial charge in [0.25, 0.3) is 0 Å². The summed E-state index contributed by atoms with van der Waals surface area (Å²) in [4.78, 5) is 15.8. The molecule has 0 N–H and O–H groups in total. The summed E-state index contributed by atoms with van der Waals surface area (Å²) >= 11 is 0. The molecule has 0 saturated heterocycles. The van der Waals surface area contributed by atoms with Crippen molar-refractivity contribution >= 4 is 32.3 Å². The van der Waals surface area contributed by atoms with Crippen LogP contribution in [0.1, 0.15) is 22.3 Å². The molecule has 1 aliphatic carbocycles. The minimum atomic E-state index is -0.493. The van der Waals surface area contributed by atoms with E-state index < -0.39 is 5.41 Å². The molecule has 0 radical (unpaired) electrons. The zero-order valence-electron chi connectivity index (χ0n) is 36.5. The minimum absolute atomic E-state index is 0.493. The molecule has 0 bridgehead atoms. The SMILES string of the molecule is c1ccc(-c2ccc(-c3nc(-c4ccc(-c5c6ccccc6cc6c5ccc5ccccc56)cc4)nc(-c4ccc5c(c4)-c4ccccc4C5(c4ccccc4)c4ccccc4)n3)cc2)cc1. The van der Waals surface area contributed by atoms with Gasteiger partial charge in [0, 0.05) is 16.7 Å². The van der Waals surface area contributed by atoms with Crippen molar-refractivity contribution in [3.63, 3.8) is 0 Å². The minimum Gasteiger partial charge on any atom is -0.208 e. The van der Waals surface area contributed by atoms with Gasteiger partial charge in [0.05, 0.1) is 5.41 Å². The molecule has 1 aliphatic rings. The highest BCUT2D eigenvalue weighted by atomic mass is 15.0. The highest BCUT2D eigenvalue weighted by Gasteiger charge is 2.46. The Morgan fingerprint density at radius 1 is 0.254 bits per heavy atom. The molecule has 0 spiro atoms. The van der Waals surface area contributed by atoms with Crippen LogP contribution < -0.4 is 0 Å². The van der Waals surface area contributed by atoms with Crippen molar-refractivity contribution in [2.45, 2.75) is 5.41 Å². The molecule has 0 unspecified atom stereocenters. The fraction of sp³-hybridized carbons (Fsp3) is 0.0156. The van der Waals surface area contributed by atoms with E-state index in [1.807, 2.05) is 6.07 Å². The molecule has 0 atom stereocenters. The number of hydrogen-bond acceptors (Lipinski definition) is 3. The number of rotatable bonds is 7. The standard InChI is InChI=1S/C64H41N3/c1-4-16-42(17-5-1)43-28-32-46(33-29-43)61-65-62(47-34-30-45(31-35-47)60-53-25-13-11-19-48(53)40-56-52-24-12-10-18-44(52)36-38-55(56)60)67-63(66-61)49-37-39-59-57(41-49)54-26-14-15-27-58(54)64(59,50-20-6-2-7-21-50)51-22-8-3-9-23-51/h1-41H. The van der Waals surface area contributed by atoms with E-state index in [2.05, 4.69) is 243 Å². The molecule has 0 aliphatic heterocycles. The second-order valence-corrected chi connectivity index (χ2v) is 17.5. The lowest BCUT2D eigenvalue weighted by atomic mass is 9.67. The topological polar surface area (TPSA) is 38.7 Å². The third kappa shape index (κ3) is 6.31. The summed E-state index contributed by atoms with van der Waals surface area (Å²) in [5, 5.41) is 7.42. The first-order valence-electron chi connectivity index (χ1n) is 22.9.